The number of hydrogen-bond acceptors (Lipinski definition) is 6. The summed E-state index contributed by atoms with van der Waals surface area (Å²) >= 11 is 0. The molecule has 172 valence electrons. The molecule has 1 amide bonds. The average molecular weight is 455 g/mol. The molecule has 1 aromatic heterocycles. The number of carbonyl (C=O) groups is 1. The summed E-state index contributed by atoms with van der Waals surface area (Å²) in [7, 11) is 0. The molecule has 2 heterocycles. The van der Waals surface area contributed by atoms with Gasteiger partial charge in [-0.3, -0.25) is 9.53 Å². The van der Waals surface area contributed by atoms with Gasteiger partial charge in [-0.25, -0.2) is 4.39 Å². The number of alkyl halides is 3. The lowest BCUT2D eigenvalue weighted by Crippen LogP contribution is -2.40. The molecule has 0 saturated heterocycles. The Balaban J connectivity index is 1.20. The van der Waals surface area contributed by atoms with E-state index in [-0.39, 0.29) is 48.8 Å². The van der Waals surface area contributed by atoms with Crippen molar-refractivity contribution in [2.45, 2.75) is 56.6 Å². The van der Waals surface area contributed by atoms with Crippen molar-refractivity contribution in [3.8, 4) is 5.75 Å². The lowest BCUT2D eigenvalue weighted by molar-refractivity contribution is -0.352. The first kappa shape index (κ1) is 22.3. The normalized spacial score (nSPS) is 22.4. The highest BCUT2D eigenvalue weighted by Crippen LogP contribution is 2.41. The SMILES string of the molecule is C=C(CCNC(=O)C1CCc2cc(F)ccc2O1)c1nnc([C@H]2C[C@@H](OC(F)(F)F)C2)o1. The number of rotatable bonds is 7. The largest absolute Gasteiger partial charge is 0.522 e. The van der Waals surface area contributed by atoms with Crippen LogP contribution in [0.25, 0.3) is 5.57 Å². The molecule has 2 aromatic rings. The minimum Gasteiger partial charge on any atom is -0.480 e. The van der Waals surface area contributed by atoms with Gasteiger partial charge in [0.1, 0.15) is 11.6 Å². The van der Waals surface area contributed by atoms with E-state index in [4.69, 9.17) is 9.15 Å². The molecule has 7 nitrogen and oxygen atoms in total. The van der Waals surface area contributed by atoms with Crippen LogP contribution in [-0.2, 0) is 16.0 Å². The van der Waals surface area contributed by atoms with Gasteiger partial charge in [-0.05, 0) is 55.9 Å². The van der Waals surface area contributed by atoms with Crippen LogP contribution in [0, 0.1) is 5.82 Å². The fourth-order valence-electron chi connectivity index (χ4n) is 3.69. The number of halogens is 4. The first-order valence-electron chi connectivity index (χ1n) is 10.2. The van der Waals surface area contributed by atoms with Gasteiger partial charge in [0.05, 0.1) is 6.10 Å². The van der Waals surface area contributed by atoms with Crippen LogP contribution in [0.2, 0.25) is 0 Å². The Bertz CT molecular complexity index is 1000. The Labute approximate surface area is 180 Å². The van der Waals surface area contributed by atoms with Crippen molar-refractivity contribution in [2.75, 3.05) is 6.54 Å². The van der Waals surface area contributed by atoms with Crippen molar-refractivity contribution in [1.82, 2.24) is 15.5 Å². The van der Waals surface area contributed by atoms with Gasteiger partial charge < -0.3 is 14.5 Å². The van der Waals surface area contributed by atoms with Crippen molar-refractivity contribution in [3.63, 3.8) is 0 Å². The predicted octanol–water partition coefficient (Wildman–Crippen LogP) is 3.90. The Kier molecular flexibility index (Phi) is 6.18. The highest BCUT2D eigenvalue weighted by Gasteiger charge is 2.42. The standard InChI is InChI=1S/C21H21F4N3O4/c1-11(19-27-28-20(31-19)13-9-15(10-13)32-21(23,24)25)6-7-26-18(29)17-4-2-12-8-14(22)3-5-16(12)30-17/h3,5,8,13,15,17H,1-2,4,6-7,9-10H2,(H,26,29)/t13-,15+,17?. The van der Waals surface area contributed by atoms with Crippen molar-refractivity contribution in [3.05, 3.63) is 47.9 Å². The molecule has 1 fully saturated rings. The minimum atomic E-state index is -4.65. The lowest BCUT2D eigenvalue weighted by Gasteiger charge is -2.32. The number of carbonyl (C=O) groups excluding carboxylic acids is 1. The fraction of sp³-hybridized carbons (Fsp3) is 0.476. The highest BCUT2D eigenvalue weighted by molar-refractivity contribution is 5.81. The molecule has 1 N–H and O–H groups in total. The number of aromatic nitrogens is 2. The van der Waals surface area contributed by atoms with Gasteiger partial charge in [-0.2, -0.15) is 0 Å². The molecule has 1 atom stereocenters. The summed E-state index contributed by atoms with van der Waals surface area (Å²) in [5, 5.41) is 10.5. The van der Waals surface area contributed by atoms with E-state index in [1.165, 1.54) is 18.2 Å². The number of ether oxygens (including phenoxy) is 2. The van der Waals surface area contributed by atoms with Crippen LogP contribution in [0.15, 0.2) is 29.2 Å². The second kappa shape index (κ2) is 8.89. The zero-order chi connectivity index (χ0) is 22.9. The summed E-state index contributed by atoms with van der Waals surface area (Å²) in [6.45, 7) is 4.12. The number of aryl methyl sites for hydroxylation is 1. The molecule has 1 saturated carbocycles. The molecule has 11 heteroatoms. The second-order valence-corrected chi connectivity index (χ2v) is 7.84. The van der Waals surface area contributed by atoms with E-state index < -0.39 is 18.6 Å². The zero-order valence-corrected chi connectivity index (χ0v) is 17.0. The van der Waals surface area contributed by atoms with Crippen LogP contribution in [0.1, 0.15) is 48.9 Å². The molecule has 1 unspecified atom stereocenters. The Morgan fingerprint density at radius 1 is 1.28 bits per heavy atom. The molecular formula is C21H21F4N3O4. The van der Waals surface area contributed by atoms with Gasteiger partial charge in [0, 0.05) is 18.0 Å². The Hall–Kier alpha value is -2.95. The molecule has 4 rings (SSSR count). The average Bonchev–Trinajstić information content (AvgIpc) is 3.18. The lowest BCUT2D eigenvalue weighted by atomic mass is 9.82. The molecule has 0 bridgehead atoms. The number of nitrogens with one attached hydrogen (secondary N) is 1. The summed E-state index contributed by atoms with van der Waals surface area (Å²) in [4.78, 5) is 12.4. The second-order valence-electron chi connectivity index (χ2n) is 7.84. The number of benzene rings is 1. The van der Waals surface area contributed by atoms with Crippen LogP contribution < -0.4 is 10.1 Å². The van der Waals surface area contributed by atoms with Crippen molar-refractivity contribution >= 4 is 11.5 Å². The molecular weight excluding hydrogens is 434 g/mol. The van der Waals surface area contributed by atoms with Crippen molar-refractivity contribution in [2.24, 2.45) is 0 Å². The maximum absolute atomic E-state index is 13.3. The minimum absolute atomic E-state index is 0.154. The van der Waals surface area contributed by atoms with E-state index in [2.05, 4.69) is 26.8 Å². The highest BCUT2D eigenvalue weighted by atomic mass is 19.4. The third kappa shape index (κ3) is 5.26. The van der Waals surface area contributed by atoms with Crippen LogP contribution in [-0.4, -0.2) is 41.2 Å². The summed E-state index contributed by atoms with van der Waals surface area (Å²) in [6.07, 6.45) is -4.59. The molecule has 0 spiro atoms. The van der Waals surface area contributed by atoms with Crippen molar-refractivity contribution in [1.29, 1.82) is 0 Å². The molecule has 1 aliphatic heterocycles. The van der Waals surface area contributed by atoms with Gasteiger partial charge in [0.15, 0.2) is 6.10 Å². The number of hydrogen-bond donors (Lipinski definition) is 1. The van der Waals surface area contributed by atoms with E-state index >= 15 is 0 Å². The smallest absolute Gasteiger partial charge is 0.480 e. The van der Waals surface area contributed by atoms with Crippen LogP contribution in [0.3, 0.4) is 0 Å². The molecule has 2 aliphatic rings. The fourth-order valence-corrected chi connectivity index (χ4v) is 3.69. The molecule has 1 aliphatic carbocycles. The monoisotopic (exact) mass is 455 g/mol. The van der Waals surface area contributed by atoms with E-state index in [1.807, 2.05) is 0 Å². The zero-order valence-electron chi connectivity index (χ0n) is 17.0. The third-order valence-electron chi connectivity index (χ3n) is 5.47. The molecule has 1 aromatic carbocycles. The van der Waals surface area contributed by atoms with Gasteiger partial charge in [0.25, 0.3) is 5.91 Å². The van der Waals surface area contributed by atoms with Crippen LogP contribution >= 0.6 is 0 Å². The Morgan fingerprint density at radius 2 is 2.06 bits per heavy atom. The van der Waals surface area contributed by atoms with Gasteiger partial charge in [0.2, 0.25) is 11.8 Å². The van der Waals surface area contributed by atoms with E-state index in [0.29, 0.717) is 30.6 Å². The quantitative estimate of drug-likeness (QED) is 0.638. The molecule has 0 radical (unpaired) electrons. The van der Waals surface area contributed by atoms with Gasteiger partial charge in [-0.1, -0.05) is 6.58 Å². The number of nitrogens with zero attached hydrogens (tertiary/aromatic N) is 2. The van der Waals surface area contributed by atoms with Gasteiger partial charge >= 0.3 is 6.36 Å². The van der Waals surface area contributed by atoms with Crippen molar-refractivity contribution < 1.29 is 36.2 Å². The van der Waals surface area contributed by atoms with E-state index in [9.17, 15) is 22.4 Å². The van der Waals surface area contributed by atoms with Crippen LogP contribution in [0.4, 0.5) is 17.6 Å². The first-order valence-corrected chi connectivity index (χ1v) is 10.2. The van der Waals surface area contributed by atoms with E-state index in [1.54, 1.807) is 0 Å². The molecule has 32 heavy (non-hydrogen) atoms. The third-order valence-corrected chi connectivity index (χ3v) is 5.47. The van der Waals surface area contributed by atoms with Gasteiger partial charge in [-0.15, -0.1) is 23.4 Å². The maximum Gasteiger partial charge on any atom is 0.522 e. The number of fused-ring (bicyclic) bond motifs is 1. The summed E-state index contributed by atoms with van der Waals surface area (Å²) in [6, 6.07) is 4.20. The number of amides is 1. The summed E-state index contributed by atoms with van der Waals surface area (Å²) in [5.41, 5.74) is 1.23. The van der Waals surface area contributed by atoms with E-state index in [0.717, 1.165) is 5.56 Å². The topological polar surface area (TPSA) is 86.5 Å². The maximum atomic E-state index is 13.3. The Morgan fingerprint density at radius 3 is 2.81 bits per heavy atom. The summed E-state index contributed by atoms with van der Waals surface area (Å²) < 4.78 is 65.0. The summed E-state index contributed by atoms with van der Waals surface area (Å²) in [5.74, 6) is 0.0153. The first-order chi connectivity index (χ1) is 15.2. The predicted molar refractivity (Wildman–Crippen MR) is 103 cm³/mol. The van der Waals surface area contributed by atoms with Crippen LogP contribution in [0.5, 0.6) is 5.75 Å².